The zero-order valence-electron chi connectivity index (χ0n) is 16.5. The standard InChI is InChI=1S/C16H32N4O8/c1-18-16(21)28-15-14-27-13-12-26-11-10-25-9-8-24-7-6-23-5-4-22-3-2-19-20-17/h2-15H2,1H3,(H,18,21). The van der Waals surface area contributed by atoms with Gasteiger partial charge in [0.2, 0.25) is 0 Å². The highest BCUT2D eigenvalue weighted by atomic mass is 16.6. The number of rotatable bonds is 21. The van der Waals surface area contributed by atoms with E-state index < -0.39 is 6.09 Å². The van der Waals surface area contributed by atoms with E-state index in [-0.39, 0.29) is 6.61 Å². The zero-order chi connectivity index (χ0) is 20.5. The highest BCUT2D eigenvalue weighted by Crippen LogP contribution is 1.85. The Balaban J connectivity index is 3.03. The van der Waals surface area contributed by atoms with Gasteiger partial charge in [-0.3, -0.25) is 0 Å². The number of hydrogen-bond acceptors (Lipinski definition) is 9. The SMILES string of the molecule is CNC(=O)OCCOCCOCCOCCOCCOCCOCCN=[N+]=[N-]. The number of carbonyl (C=O) groups is 1. The first-order valence-electron chi connectivity index (χ1n) is 9.13. The minimum atomic E-state index is -0.474. The molecular formula is C16H32N4O8. The second-order valence-corrected chi connectivity index (χ2v) is 5.01. The number of hydrogen-bond donors (Lipinski definition) is 1. The van der Waals surface area contributed by atoms with E-state index in [1.54, 1.807) is 0 Å². The minimum absolute atomic E-state index is 0.209. The van der Waals surface area contributed by atoms with Crippen molar-refractivity contribution < 1.29 is 38.0 Å². The van der Waals surface area contributed by atoms with E-state index >= 15 is 0 Å². The third-order valence-corrected chi connectivity index (χ3v) is 2.92. The normalized spacial score (nSPS) is 10.5. The van der Waals surface area contributed by atoms with Crippen LogP contribution in [0.15, 0.2) is 5.11 Å². The summed E-state index contributed by atoms with van der Waals surface area (Å²) in [5, 5.41) is 5.69. The summed E-state index contributed by atoms with van der Waals surface area (Å²) in [6, 6.07) is 0. The lowest BCUT2D eigenvalue weighted by atomic mass is 10.6. The Morgan fingerprint density at radius 1 is 0.714 bits per heavy atom. The maximum Gasteiger partial charge on any atom is 0.406 e. The second kappa shape index (κ2) is 23.4. The Labute approximate surface area is 165 Å². The lowest BCUT2D eigenvalue weighted by Crippen LogP contribution is -2.21. The van der Waals surface area contributed by atoms with E-state index in [1.807, 2.05) is 0 Å². The van der Waals surface area contributed by atoms with Gasteiger partial charge in [-0.2, -0.15) is 0 Å². The quantitative estimate of drug-likeness (QED) is 0.127. The molecule has 0 aliphatic carbocycles. The Hall–Kier alpha value is -1.66. The van der Waals surface area contributed by atoms with Crippen molar-refractivity contribution in [2.45, 2.75) is 0 Å². The van der Waals surface area contributed by atoms with E-state index in [2.05, 4.69) is 15.3 Å². The first-order chi connectivity index (χ1) is 13.8. The summed E-state index contributed by atoms with van der Waals surface area (Å²) >= 11 is 0. The maximum atomic E-state index is 10.8. The van der Waals surface area contributed by atoms with Crippen molar-refractivity contribution in [1.29, 1.82) is 0 Å². The summed E-state index contributed by atoms with van der Waals surface area (Å²) in [7, 11) is 1.50. The number of nitrogens with zero attached hydrogens (tertiary/aromatic N) is 3. The largest absolute Gasteiger partial charge is 0.447 e. The fourth-order valence-corrected chi connectivity index (χ4v) is 1.62. The molecule has 0 heterocycles. The van der Waals surface area contributed by atoms with Gasteiger partial charge in [0.15, 0.2) is 0 Å². The minimum Gasteiger partial charge on any atom is -0.447 e. The molecule has 0 fully saturated rings. The van der Waals surface area contributed by atoms with Gasteiger partial charge in [-0.05, 0) is 5.53 Å². The molecule has 0 rings (SSSR count). The first kappa shape index (κ1) is 26.3. The van der Waals surface area contributed by atoms with Crippen molar-refractivity contribution in [3.05, 3.63) is 10.4 Å². The monoisotopic (exact) mass is 408 g/mol. The van der Waals surface area contributed by atoms with Gasteiger partial charge in [0, 0.05) is 18.5 Å². The molecule has 0 saturated heterocycles. The maximum absolute atomic E-state index is 10.8. The highest BCUT2D eigenvalue weighted by molar-refractivity contribution is 5.66. The van der Waals surface area contributed by atoms with E-state index in [0.717, 1.165) is 0 Å². The van der Waals surface area contributed by atoms with Gasteiger partial charge in [-0.15, -0.1) is 0 Å². The molecule has 12 nitrogen and oxygen atoms in total. The number of carbonyl (C=O) groups excluding carboxylic acids is 1. The fourth-order valence-electron chi connectivity index (χ4n) is 1.62. The Kier molecular flexibility index (Phi) is 22.0. The number of azide groups is 1. The van der Waals surface area contributed by atoms with Crippen LogP contribution in [0.1, 0.15) is 0 Å². The first-order valence-corrected chi connectivity index (χ1v) is 9.13. The van der Waals surface area contributed by atoms with Crippen molar-refractivity contribution in [2.24, 2.45) is 5.11 Å². The number of alkyl carbamates (subject to hydrolysis) is 1. The molecular weight excluding hydrogens is 376 g/mol. The Bertz CT molecular complexity index is 397. The van der Waals surface area contributed by atoms with Crippen LogP contribution in [0.25, 0.3) is 10.4 Å². The van der Waals surface area contributed by atoms with Crippen molar-refractivity contribution >= 4 is 6.09 Å². The average Bonchev–Trinajstić information content (AvgIpc) is 2.71. The molecule has 1 amide bonds. The number of nitrogens with one attached hydrogen (secondary N) is 1. The second-order valence-electron chi connectivity index (χ2n) is 5.01. The summed E-state index contributed by atoms with van der Waals surface area (Å²) in [4.78, 5) is 13.4. The topological polar surface area (TPSA) is 142 Å². The molecule has 0 aliphatic rings. The van der Waals surface area contributed by atoms with Crippen molar-refractivity contribution in [3.63, 3.8) is 0 Å². The molecule has 0 saturated carbocycles. The molecule has 0 aliphatic heterocycles. The molecule has 164 valence electrons. The van der Waals surface area contributed by atoms with E-state index in [4.69, 9.17) is 38.7 Å². The van der Waals surface area contributed by atoms with Crippen LogP contribution in [0.5, 0.6) is 0 Å². The molecule has 12 heteroatoms. The van der Waals surface area contributed by atoms with Crippen LogP contribution in [0.2, 0.25) is 0 Å². The van der Waals surface area contributed by atoms with Crippen LogP contribution >= 0.6 is 0 Å². The van der Waals surface area contributed by atoms with Crippen LogP contribution in [-0.4, -0.2) is 106 Å². The molecule has 28 heavy (non-hydrogen) atoms. The average molecular weight is 408 g/mol. The van der Waals surface area contributed by atoms with Gasteiger partial charge in [0.1, 0.15) is 6.61 Å². The van der Waals surface area contributed by atoms with Crippen LogP contribution in [0.4, 0.5) is 4.79 Å². The third kappa shape index (κ3) is 22.4. The lowest BCUT2D eigenvalue weighted by Gasteiger charge is -2.08. The molecule has 0 aromatic heterocycles. The van der Waals surface area contributed by atoms with Gasteiger partial charge >= 0.3 is 6.09 Å². The molecule has 0 radical (unpaired) electrons. The molecule has 0 unspecified atom stereocenters. The zero-order valence-corrected chi connectivity index (χ0v) is 16.5. The van der Waals surface area contributed by atoms with Gasteiger partial charge < -0.3 is 38.5 Å². The van der Waals surface area contributed by atoms with Gasteiger partial charge in [0.25, 0.3) is 0 Å². The van der Waals surface area contributed by atoms with E-state index in [0.29, 0.717) is 85.8 Å². The summed E-state index contributed by atoms with van der Waals surface area (Å²) in [5.41, 5.74) is 8.08. The Morgan fingerprint density at radius 2 is 1.07 bits per heavy atom. The van der Waals surface area contributed by atoms with Crippen LogP contribution in [0, 0.1) is 0 Å². The Morgan fingerprint density at radius 3 is 1.43 bits per heavy atom. The summed E-state index contributed by atoms with van der Waals surface area (Å²) < 4.78 is 36.5. The number of amides is 1. The lowest BCUT2D eigenvalue weighted by molar-refractivity contribution is -0.0182. The predicted molar refractivity (Wildman–Crippen MR) is 99.3 cm³/mol. The third-order valence-electron chi connectivity index (χ3n) is 2.92. The van der Waals surface area contributed by atoms with E-state index in [9.17, 15) is 4.79 Å². The van der Waals surface area contributed by atoms with Crippen molar-refractivity contribution in [3.8, 4) is 0 Å². The van der Waals surface area contributed by atoms with Crippen LogP contribution < -0.4 is 5.32 Å². The van der Waals surface area contributed by atoms with Crippen LogP contribution in [-0.2, 0) is 33.2 Å². The number of ether oxygens (including phenoxy) is 7. The van der Waals surface area contributed by atoms with E-state index in [1.165, 1.54) is 7.05 Å². The van der Waals surface area contributed by atoms with Crippen LogP contribution in [0.3, 0.4) is 0 Å². The molecule has 0 spiro atoms. The van der Waals surface area contributed by atoms with Gasteiger partial charge in [-0.25, -0.2) is 4.79 Å². The van der Waals surface area contributed by atoms with Crippen molar-refractivity contribution in [1.82, 2.24) is 5.32 Å². The molecule has 0 aromatic rings. The van der Waals surface area contributed by atoms with Gasteiger partial charge in [-0.1, -0.05) is 5.11 Å². The summed E-state index contributed by atoms with van der Waals surface area (Å²) in [6.07, 6.45) is -0.474. The molecule has 0 atom stereocenters. The molecule has 0 aromatic carbocycles. The molecule has 1 N–H and O–H groups in total. The highest BCUT2D eigenvalue weighted by Gasteiger charge is 1.97. The summed E-state index contributed by atoms with van der Waals surface area (Å²) in [6.45, 7) is 5.96. The smallest absolute Gasteiger partial charge is 0.406 e. The molecule has 0 bridgehead atoms. The summed E-state index contributed by atoms with van der Waals surface area (Å²) in [5.74, 6) is 0. The fraction of sp³-hybridized carbons (Fsp3) is 0.938. The predicted octanol–water partition coefficient (Wildman–Crippen LogP) is 0.752. The van der Waals surface area contributed by atoms with Crippen molar-refractivity contribution in [2.75, 3.05) is 99.5 Å². The van der Waals surface area contributed by atoms with Gasteiger partial charge in [0.05, 0.1) is 79.3 Å².